The number of amides is 1. The second-order valence-electron chi connectivity index (χ2n) is 1.50. The van der Waals surface area contributed by atoms with E-state index >= 15 is 0 Å². The summed E-state index contributed by atoms with van der Waals surface area (Å²) >= 11 is 0. The molecule has 0 saturated carbocycles. The summed E-state index contributed by atoms with van der Waals surface area (Å²) in [4.78, 5) is 38.7. The van der Waals surface area contributed by atoms with E-state index in [4.69, 9.17) is 0 Å². The van der Waals surface area contributed by atoms with Crippen LogP contribution in [0.5, 0.6) is 0 Å². The molecule has 0 unspecified atom stereocenters. The topological polar surface area (TPSA) is 116 Å². The van der Waals surface area contributed by atoms with E-state index in [1.54, 1.807) is 0 Å². The molecular weight excluding hydrogens is 213 g/mol. The van der Waals surface area contributed by atoms with Crippen molar-refractivity contribution >= 4 is 20.0 Å². The molecule has 0 aliphatic rings. The molecule has 0 fully saturated rings. The molecular formula is C3F2Li2NO5P. The van der Waals surface area contributed by atoms with E-state index in [1.807, 2.05) is 4.74 Å². The van der Waals surface area contributed by atoms with E-state index in [0.29, 0.717) is 0 Å². The van der Waals surface area contributed by atoms with Gasteiger partial charge in [0, 0.05) is 0 Å². The number of hydrogen-bond donors (Lipinski definition) is 0. The van der Waals surface area contributed by atoms with Crippen molar-refractivity contribution in [2.75, 3.05) is 0 Å². The maximum absolute atomic E-state index is 11.9. The largest absolute Gasteiger partial charge is 1.00 e. The summed E-state index contributed by atoms with van der Waals surface area (Å²) in [6.07, 6.45) is 0. The molecule has 0 aromatic carbocycles. The first kappa shape index (κ1) is 19.7. The van der Waals surface area contributed by atoms with Crippen LogP contribution in [-0.2, 0) is 9.59 Å². The molecule has 0 heterocycles. The number of rotatable bonds is 2. The summed E-state index contributed by atoms with van der Waals surface area (Å²) in [5.74, 6) is -10.5. The van der Waals surface area contributed by atoms with Gasteiger partial charge in [0.25, 0.3) is 0 Å². The quantitative estimate of drug-likeness (QED) is 0.256. The van der Waals surface area contributed by atoms with Gasteiger partial charge in [-0.2, -0.15) is 8.78 Å². The van der Waals surface area contributed by atoms with Crippen LogP contribution in [0.4, 0.5) is 8.78 Å². The monoisotopic (exact) mass is 213 g/mol. The maximum atomic E-state index is 11.9. The predicted octanol–water partition coefficient (Wildman–Crippen LogP) is -8.88. The molecule has 0 aromatic rings. The Morgan fingerprint density at radius 3 is 1.79 bits per heavy atom. The third-order valence-corrected chi connectivity index (χ3v) is 1.04. The van der Waals surface area contributed by atoms with Gasteiger partial charge in [-0.05, 0) is 4.74 Å². The number of carbonyl (C=O) groups is 2. The van der Waals surface area contributed by atoms with Gasteiger partial charge in [0.2, 0.25) is 0 Å². The number of hydrogen-bond acceptors (Lipinski definition) is 5. The number of alkyl halides is 2. The summed E-state index contributed by atoms with van der Waals surface area (Å²) in [5.41, 5.74) is 0. The van der Waals surface area contributed by atoms with Crippen molar-refractivity contribution in [3.63, 3.8) is 0 Å². The zero-order valence-corrected chi connectivity index (χ0v) is 8.09. The average Bonchev–Trinajstić information content (AvgIpc) is 1.85. The smallest absolute Gasteiger partial charge is 0.614 e. The van der Waals surface area contributed by atoms with Gasteiger partial charge in [-0.15, -0.1) is 0 Å². The first-order valence-electron chi connectivity index (χ1n) is 2.28. The Bertz CT molecular complexity index is 255. The summed E-state index contributed by atoms with van der Waals surface area (Å²) < 4.78 is 25.7. The molecule has 0 aliphatic heterocycles. The van der Waals surface area contributed by atoms with Gasteiger partial charge in [0.1, 0.15) is 14.1 Å². The molecule has 0 saturated heterocycles. The Morgan fingerprint density at radius 2 is 1.57 bits per heavy atom. The Kier molecular flexibility index (Phi) is 10.6. The molecule has 0 rings (SSSR count). The van der Waals surface area contributed by atoms with Crippen molar-refractivity contribution in [3.8, 4) is 0 Å². The molecule has 0 N–H and O–H groups in total. The van der Waals surface area contributed by atoms with Gasteiger partial charge in [-0.25, -0.2) is 0 Å². The zero-order chi connectivity index (χ0) is 9.94. The van der Waals surface area contributed by atoms with E-state index in [2.05, 4.69) is 0 Å². The van der Waals surface area contributed by atoms with Crippen LogP contribution in [0, 0.1) is 0 Å². The van der Waals surface area contributed by atoms with Gasteiger partial charge >= 0.3 is 49.6 Å². The fourth-order valence-electron chi connectivity index (χ4n) is 0.224. The molecule has 0 radical (unpaired) electrons. The number of carbonyl (C=O) groups excluding carboxylic acids is 2. The Balaban J connectivity index is -0.000000605. The van der Waals surface area contributed by atoms with Crippen molar-refractivity contribution in [3.05, 3.63) is 0 Å². The average molecular weight is 213 g/mol. The van der Waals surface area contributed by atoms with E-state index in [9.17, 15) is 33.3 Å². The third-order valence-electron chi connectivity index (χ3n) is 0.697. The standard InChI is InChI=1S/C3H2F2NO5P.2Li/c4-3(5,2(8)9)1(7)6-12(10)11;;/h(H,8,9)(H,6,7,10,11);;/q;2*+1/p-2. The molecule has 0 aliphatic carbocycles. The first-order chi connectivity index (χ1) is 5.28. The van der Waals surface area contributed by atoms with Crippen LogP contribution < -0.4 is 52.6 Å². The van der Waals surface area contributed by atoms with E-state index < -0.39 is 26.0 Å². The second-order valence-corrected chi connectivity index (χ2v) is 2.18. The number of aliphatic carboxylic acids is 1. The van der Waals surface area contributed by atoms with Crippen molar-refractivity contribution in [2.24, 2.45) is 4.74 Å². The zero-order valence-electron chi connectivity index (χ0n) is 7.19. The fourth-order valence-corrected chi connectivity index (χ4v) is 0.498. The Hall–Kier alpha value is 0.215. The van der Waals surface area contributed by atoms with Crippen LogP contribution in [-0.4, -0.2) is 17.8 Å². The van der Waals surface area contributed by atoms with E-state index in [1.165, 1.54) is 0 Å². The van der Waals surface area contributed by atoms with E-state index in [0.717, 1.165) is 0 Å². The molecule has 0 aromatic heterocycles. The third kappa shape index (κ3) is 5.84. The van der Waals surface area contributed by atoms with Gasteiger partial charge in [0.05, 0.1) is 0 Å². The summed E-state index contributed by atoms with van der Waals surface area (Å²) in [6, 6.07) is 0. The van der Waals surface area contributed by atoms with Gasteiger partial charge < -0.3 is 19.7 Å². The van der Waals surface area contributed by atoms with Crippen LogP contribution in [0.3, 0.4) is 0 Å². The van der Waals surface area contributed by atoms with Crippen molar-refractivity contribution in [1.82, 2.24) is 0 Å². The van der Waals surface area contributed by atoms with Gasteiger partial charge in [0.15, 0.2) is 0 Å². The van der Waals surface area contributed by atoms with Crippen LogP contribution in [0.2, 0.25) is 0 Å². The fraction of sp³-hybridized carbons (Fsp3) is 0.333. The number of carboxylic acid groups (broad SMARTS) is 1. The maximum Gasteiger partial charge on any atom is 1.00 e. The van der Waals surface area contributed by atoms with Crippen LogP contribution in [0.25, 0.3) is 0 Å². The van der Waals surface area contributed by atoms with Crippen molar-refractivity contribution in [1.29, 1.82) is 0 Å². The minimum atomic E-state index is -4.89. The first-order valence-corrected chi connectivity index (χ1v) is 3.41. The minimum absolute atomic E-state index is 0. The molecule has 0 bridgehead atoms. The van der Waals surface area contributed by atoms with Crippen LogP contribution in [0.1, 0.15) is 0 Å². The van der Waals surface area contributed by atoms with Crippen LogP contribution >= 0.6 is 8.17 Å². The summed E-state index contributed by atoms with van der Waals surface area (Å²) in [6.45, 7) is 0. The molecule has 6 nitrogen and oxygen atoms in total. The number of nitrogens with zero attached hydrogens (tertiary/aromatic N) is 1. The van der Waals surface area contributed by atoms with E-state index in [-0.39, 0.29) is 37.7 Å². The van der Waals surface area contributed by atoms with Crippen molar-refractivity contribution < 1.29 is 71.0 Å². The minimum Gasteiger partial charge on any atom is -0.614 e. The predicted molar refractivity (Wildman–Crippen MR) is 24.3 cm³/mol. The molecule has 14 heavy (non-hydrogen) atoms. The van der Waals surface area contributed by atoms with Gasteiger partial charge in [-0.1, -0.05) is 0 Å². The second kappa shape index (κ2) is 7.50. The molecule has 1 amide bonds. The number of carboxylic acids is 1. The SMILES string of the molecule is O=C([O-])C(F)(F)C(=O)N=[P+]([O-])[O-].[Li+].[Li+]. The van der Waals surface area contributed by atoms with Crippen LogP contribution in [0.15, 0.2) is 4.74 Å². The number of halogens is 2. The molecule has 0 atom stereocenters. The normalized spacial score (nSPS) is 9.14. The Labute approximate surface area is 102 Å². The summed E-state index contributed by atoms with van der Waals surface area (Å²) in [7, 11) is -3.72. The molecule has 11 heteroatoms. The summed E-state index contributed by atoms with van der Waals surface area (Å²) in [5, 5.41) is 9.51. The van der Waals surface area contributed by atoms with Crippen molar-refractivity contribution in [2.45, 2.75) is 5.92 Å². The molecule has 68 valence electrons. The molecule has 0 spiro atoms. The van der Waals surface area contributed by atoms with Gasteiger partial charge in [-0.3, -0.25) is 4.79 Å². The Morgan fingerprint density at radius 1 is 1.21 bits per heavy atom.